The van der Waals surface area contributed by atoms with Crippen LogP contribution in [0.3, 0.4) is 0 Å². The van der Waals surface area contributed by atoms with Gasteiger partial charge in [0.05, 0.1) is 11.9 Å². The number of halogens is 1. The first-order valence-corrected chi connectivity index (χ1v) is 7.36. The highest BCUT2D eigenvalue weighted by Crippen LogP contribution is 2.12. The van der Waals surface area contributed by atoms with Crippen molar-refractivity contribution in [1.82, 2.24) is 9.97 Å². The molecule has 6 heteroatoms. The number of aromatic nitrogens is 2. The lowest BCUT2D eigenvalue weighted by Gasteiger charge is -2.08. The summed E-state index contributed by atoms with van der Waals surface area (Å²) in [5.41, 5.74) is 2.32. The van der Waals surface area contributed by atoms with Crippen LogP contribution < -0.4 is 10.6 Å². The van der Waals surface area contributed by atoms with Crippen molar-refractivity contribution in [3.8, 4) is 0 Å². The van der Waals surface area contributed by atoms with Crippen LogP contribution in [0.25, 0.3) is 0 Å². The number of amides is 1. The molecule has 2 aromatic heterocycles. The summed E-state index contributed by atoms with van der Waals surface area (Å²) in [6.45, 7) is 0.658. The van der Waals surface area contributed by atoms with Crippen LogP contribution in [0.5, 0.6) is 0 Å². The average Bonchev–Trinajstić information content (AvgIpc) is 2.62. The van der Waals surface area contributed by atoms with Crippen molar-refractivity contribution in [2.45, 2.75) is 6.54 Å². The lowest BCUT2D eigenvalue weighted by atomic mass is 10.2. The third-order valence-electron chi connectivity index (χ3n) is 3.36. The van der Waals surface area contributed by atoms with Crippen molar-refractivity contribution >= 4 is 17.4 Å². The molecule has 0 bridgehead atoms. The zero-order valence-electron chi connectivity index (χ0n) is 12.7. The van der Waals surface area contributed by atoms with Crippen LogP contribution in [0, 0.1) is 5.82 Å². The molecule has 3 aromatic rings. The van der Waals surface area contributed by atoms with Gasteiger partial charge < -0.3 is 10.6 Å². The maximum absolute atomic E-state index is 12.9. The minimum atomic E-state index is -0.380. The second-order valence-electron chi connectivity index (χ2n) is 5.10. The van der Waals surface area contributed by atoms with Gasteiger partial charge in [0.25, 0.3) is 5.91 Å². The van der Waals surface area contributed by atoms with Gasteiger partial charge in [-0.1, -0.05) is 0 Å². The van der Waals surface area contributed by atoms with Crippen LogP contribution in [0.1, 0.15) is 15.9 Å². The van der Waals surface area contributed by atoms with Crippen LogP contribution in [-0.4, -0.2) is 15.9 Å². The van der Waals surface area contributed by atoms with Crippen LogP contribution in [0.15, 0.2) is 67.1 Å². The maximum Gasteiger partial charge on any atom is 0.256 e. The number of carbonyl (C=O) groups is 1. The molecule has 1 amide bonds. The van der Waals surface area contributed by atoms with Crippen molar-refractivity contribution in [3.05, 3.63) is 84.1 Å². The van der Waals surface area contributed by atoms with E-state index in [1.807, 2.05) is 18.2 Å². The molecule has 0 aliphatic heterocycles. The van der Waals surface area contributed by atoms with E-state index in [0.29, 0.717) is 17.9 Å². The number of carbonyl (C=O) groups excluding carboxylic acids is 1. The van der Waals surface area contributed by atoms with Gasteiger partial charge in [0.15, 0.2) is 0 Å². The summed E-state index contributed by atoms with van der Waals surface area (Å²) in [4.78, 5) is 20.2. The second kappa shape index (κ2) is 7.32. The molecule has 0 aliphatic rings. The van der Waals surface area contributed by atoms with Crippen molar-refractivity contribution < 1.29 is 9.18 Å². The molecule has 0 atom stereocenters. The Morgan fingerprint density at radius 3 is 2.42 bits per heavy atom. The van der Waals surface area contributed by atoms with Gasteiger partial charge in [-0.15, -0.1) is 0 Å². The van der Waals surface area contributed by atoms with Gasteiger partial charge in [-0.2, -0.15) is 0 Å². The number of hydrogen-bond acceptors (Lipinski definition) is 4. The average molecular weight is 322 g/mol. The Hall–Kier alpha value is -3.28. The molecule has 2 N–H and O–H groups in total. The quantitative estimate of drug-likeness (QED) is 0.755. The molecule has 0 radical (unpaired) electrons. The molecule has 2 heterocycles. The van der Waals surface area contributed by atoms with Gasteiger partial charge in [0.2, 0.25) is 0 Å². The highest BCUT2D eigenvalue weighted by molar-refractivity contribution is 6.03. The number of nitrogens with one attached hydrogen (secondary N) is 2. The highest BCUT2D eigenvalue weighted by Gasteiger charge is 2.06. The number of anilines is 2. The minimum absolute atomic E-state index is 0.333. The van der Waals surface area contributed by atoms with Crippen molar-refractivity contribution in [3.63, 3.8) is 0 Å². The smallest absolute Gasteiger partial charge is 0.256 e. The molecule has 0 saturated heterocycles. The second-order valence-corrected chi connectivity index (χ2v) is 5.10. The Bertz CT molecular complexity index is 805. The van der Waals surface area contributed by atoms with E-state index in [1.165, 1.54) is 24.3 Å². The van der Waals surface area contributed by atoms with E-state index in [2.05, 4.69) is 20.6 Å². The fraction of sp³-hybridized carbons (Fsp3) is 0.0556. The monoisotopic (exact) mass is 322 g/mol. The molecular weight excluding hydrogens is 307 g/mol. The molecule has 120 valence electrons. The first-order chi connectivity index (χ1) is 11.7. The molecule has 5 nitrogen and oxygen atoms in total. The zero-order chi connectivity index (χ0) is 16.8. The van der Waals surface area contributed by atoms with Gasteiger partial charge in [-0.25, -0.2) is 9.37 Å². The van der Waals surface area contributed by atoms with Crippen molar-refractivity contribution in [1.29, 1.82) is 0 Å². The van der Waals surface area contributed by atoms with Gasteiger partial charge in [0, 0.05) is 24.5 Å². The third kappa shape index (κ3) is 4.13. The normalized spacial score (nSPS) is 10.2. The van der Waals surface area contributed by atoms with Gasteiger partial charge in [0.1, 0.15) is 11.6 Å². The first kappa shape index (κ1) is 15.6. The summed E-state index contributed by atoms with van der Waals surface area (Å²) < 4.78 is 12.9. The number of rotatable bonds is 5. The summed E-state index contributed by atoms with van der Waals surface area (Å²) in [5.74, 6) is -0.284. The van der Waals surface area contributed by atoms with E-state index < -0.39 is 0 Å². The molecule has 0 unspecified atom stereocenters. The summed E-state index contributed by atoms with van der Waals surface area (Å²) in [7, 11) is 0. The molecule has 24 heavy (non-hydrogen) atoms. The van der Waals surface area contributed by atoms with Crippen molar-refractivity contribution in [2.24, 2.45) is 0 Å². The fourth-order valence-electron chi connectivity index (χ4n) is 2.07. The SMILES string of the molecule is O=C(Nc1ccc(NCc2ccncc2)cn1)c1ccc(F)cc1. The Balaban J connectivity index is 1.58. The number of benzene rings is 1. The summed E-state index contributed by atoms with van der Waals surface area (Å²) in [6, 6.07) is 12.7. The Labute approximate surface area is 138 Å². The summed E-state index contributed by atoms with van der Waals surface area (Å²) >= 11 is 0. The molecule has 3 rings (SSSR count). The molecular formula is C18H15FN4O. The Kier molecular flexibility index (Phi) is 4.76. The van der Waals surface area contributed by atoms with E-state index in [-0.39, 0.29) is 11.7 Å². The van der Waals surface area contributed by atoms with E-state index in [4.69, 9.17) is 0 Å². The predicted octanol–water partition coefficient (Wildman–Crippen LogP) is 3.48. The first-order valence-electron chi connectivity index (χ1n) is 7.36. The van der Waals surface area contributed by atoms with Crippen LogP contribution in [-0.2, 0) is 6.54 Å². The van der Waals surface area contributed by atoms with E-state index in [0.717, 1.165) is 11.3 Å². The number of hydrogen-bond donors (Lipinski definition) is 2. The standard InChI is InChI=1S/C18H15FN4O/c19-15-3-1-14(2-4-15)18(24)23-17-6-5-16(12-22-17)21-11-13-7-9-20-10-8-13/h1-10,12,21H,11H2,(H,22,23,24). The van der Waals surface area contributed by atoms with Crippen LogP contribution in [0.2, 0.25) is 0 Å². The Morgan fingerprint density at radius 2 is 1.75 bits per heavy atom. The third-order valence-corrected chi connectivity index (χ3v) is 3.36. The maximum atomic E-state index is 12.9. The van der Waals surface area contributed by atoms with Gasteiger partial charge in [-0.3, -0.25) is 9.78 Å². The summed E-state index contributed by atoms with van der Waals surface area (Å²) in [6.07, 6.45) is 5.12. The van der Waals surface area contributed by atoms with E-state index >= 15 is 0 Å². The lowest BCUT2D eigenvalue weighted by Crippen LogP contribution is -2.13. The molecule has 0 aliphatic carbocycles. The lowest BCUT2D eigenvalue weighted by molar-refractivity contribution is 0.102. The minimum Gasteiger partial charge on any atom is -0.380 e. The molecule has 0 saturated carbocycles. The fourth-order valence-corrected chi connectivity index (χ4v) is 2.07. The molecule has 0 fully saturated rings. The van der Waals surface area contributed by atoms with E-state index in [9.17, 15) is 9.18 Å². The summed E-state index contributed by atoms with van der Waals surface area (Å²) in [5, 5.41) is 5.90. The topological polar surface area (TPSA) is 66.9 Å². The number of pyridine rings is 2. The zero-order valence-corrected chi connectivity index (χ0v) is 12.7. The van der Waals surface area contributed by atoms with Crippen molar-refractivity contribution in [2.75, 3.05) is 10.6 Å². The van der Waals surface area contributed by atoms with Gasteiger partial charge in [-0.05, 0) is 54.1 Å². The van der Waals surface area contributed by atoms with Crippen LogP contribution in [0.4, 0.5) is 15.9 Å². The largest absolute Gasteiger partial charge is 0.380 e. The molecule has 0 spiro atoms. The predicted molar refractivity (Wildman–Crippen MR) is 90.2 cm³/mol. The van der Waals surface area contributed by atoms with E-state index in [1.54, 1.807) is 24.7 Å². The highest BCUT2D eigenvalue weighted by atomic mass is 19.1. The number of nitrogens with zero attached hydrogens (tertiary/aromatic N) is 2. The van der Waals surface area contributed by atoms with Gasteiger partial charge >= 0.3 is 0 Å². The molecule has 1 aromatic carbocycles. The Morgan fingerprint density at radius 1 is 1.00 bits per heavy atom. The van der Waals surface area contributed by atoms with Crippen LogP contribution >= 0.6 is 0 Å².